The Bertz CT molecular complexity index is 456. The normalized spacial score (nSPS) is 15.2. The molecular formula is C15H22N2O3. The summed E-state index contributed by atoms with van der Waals surface area (Å²) in [5.74, 6) is -0.382. The summed E-state index contributed by atoms with van der Waals surface area (Å²) in [6.45, 7) is 1.38. The van der Waals surface area contributed by atoms with E-state index in [1.807, 2.05) is 0 Å². The second-order valence-corrected chi connectivity index (χ2v) is 5.00. The Morgan fingerprint density at radius 1 is 1.40 bits per heavy atom. The van der Waals surface area contributed by atoms with Crippen LogP contribution in [0.4, 0.5) is 11.4 Å². The largest absolute Gasteiger partial charge is 0.465 e. The highest BCUT2D eigenvalue weighted by molar-refractivity contribution is 5.91. The van der Waals surface area contributed by atoms with Crippen molar-refractivity contribution in [3.8, 4) is 0 Å². The van der Waals surface area contributed by atoms with E-state index < -0.39 is 0 Å². The Balaban J connectivity index is 1.79. The van der Waals surface area contributed by atoms with Crippen LogP contribution in [0.15, 0.2) is 18.2 Å². The maximum Gasteiger partial charge on any atom is 0.337 e. The van der Waals surface area contributed by atoms with E-state index in [0.717, 1.165) is 5.69 Å². The van der Waals surface area contributed by atoms with E-state index in [4.69, 9.17) is 10.5 Å². The van der Waals surface area contributed by atoms with Gasteiger partial charge in [0.15, 0.2) is 0 Å². The number of carbonyl (C=O) groups excluding carboxylic acids is 1. The van der Waals surface area contributed by atoms with Gasteiger partial charge in [-0.25, -0.2) is 4.79 Å². The standard InChI is InChI=1S/C15H22N2O3/c1-19-15(18)11-6-7-14(13(16)10-11)17-8-9-20-12-4-2-3-5-12/h6-7,10,12,17H,2-5,8-9,16H2,1H3. The van der Waals surface area contributed by atoms with Gasteiger partial charge in [0, 0.05) is 6.54 Å². The van der Waals surface area contributed by atoms with E-state index in [-0.39, 0.29) is 5.97 Å². The number of carbonyl (C=O) groups is 1. The predicted octanol–water partition coefficient (Wildman–Crippen LogP) is 2.43. The average molecular weight is 278 g/mol. The second kappa shape index (κ2) is 7.14. The number of benzene rings is 1. The highest BCUT2D eigenvalue weighted by atomic mass is 16.5. The molecule has 0 heterocycles. The van der Waals surface area contributed by atoms with Gasteiger partial charge in [0.2, 0.25) is 0 Å². The van der Waals surface area contributed by atoms with Gasteiger partial charge in [0.1, 0.15) is 0 Å². The van der Waals surface area contributed by atoms with Crippen molar-refractivity contribution >= 4 is 17.3 Å². The smallest absolute Gasteiger partial charge is 0.337 e. The van der Waals surface area contributed by atoms with Crippen molar-refractivity contribution in [2.75, 3.05) is 31.3 Å². The maximum atomic E-state index is 11.4. The molecule has 0 saturated heterocycles. The molecule has 1 fully saturated rings. The molecule has 0 spiro atoms. The van der Waals surface area contributed by atoms with Crippen LogP contribution in [0.3, 0.4) is 0 Å². The first-order valence-corrected chi connectivity index (χ1v) is 7.04. The van der Waals surface area contributed by atoms with E-state index in [1.54, 1.807) is 18.2 Å². The van der Waals surface area contributed by atoms with Crippen molar-refractivity contribution in [3.05, 3.63) is 23.8 Å². The zero-order valence-corrected chi connectivity index (χ0v) is 11.9. The van der Waals surface area contributed by atoms with Crippen LogP contribution >= 0.6 is 0 Å². The molecular weight excluding hydrogens is 256 g/mol. The molecule has 0 amide bonds. The molecule has 1 aromatic carbocycles. The van der Waals surface area contributed by atoms with Crippen LogP contribution in [0.1, 0.15) is 36.0 Å². The van der Waals surface area contributed by atoms with E-state index in [2.05, 4.69) is 10.1 Å². The Morgan fingerprint density at radius 3 is 2.80 bits per heavy atom. The number of nitrogens with two attached hydrogens (primary N) is 1. The molecule has 0 atom stereocenters. The number of hydrogen-bond donors (Lipinski definition) is 2. The summed E-state index contributed by atoms with van der Waals surface area (Å²) in [7, 11) is 1.35. The lowest BCUT2D eigenvalue weighted by atomic mass is 10.1. The highest BCUT2D eigenvalue weighted by Crippen LogP contribution is 2.22. The van der Waals surface area contributed by atoms with Crippen LogP contribution in [0.2, 0.25) is 0 Å². The average Bonchev–Trinajstić information content (AvgIpc) is 2.97. The van der Waals surface area contributed by atoms with Gasteiger partial charge in [0.05, 0.1) is 36.8 Å². The van der Waals surface area contributed by atoms with Crippen LogP contribution in [0.5, 0.6) is 0 Å². The van der Waals surface area contributed by atoms with E-state index in [1.165, 1.54) is 32.8 Å². The number of nitrogens with one attached hydrogen (secondary N) is 1. The lowest BCUT2D eigenvalue weighted by molar-refractivity contribution is 0.0600. The molecule has 1 aliphatic rings. The second-order valence-electron chi connectivity index (χ2n) is 5.00. The van der Waals surface area contributed by atoms with E-state index >= 15 is 0 Å². The third-order valence-electron chi connectivity index (χ3n) is 3.55. The number of methoxy groups -OCH3 is 1. The summed E-state index contributed by atoms with van der Waals surface area (Å²) >= 11 is 0. The lowest BCUT2D eigenvalue weighted by Crippen LogP contribution is -2.16. The first kappa shape index (κ1) is 14.7. The fourth-order valence-electron chi connectivity index (χ4n) is 2.43. The predicted molar refractivity (Wildman–Crippen MR) is 78.9 cm³/mol. The van der Waals surface area contributed by atoms with Crippen LogP contribution in [-0.2, 0) is 9.47 Å². The minimum atomic E-state index is -0.382. The van der Waals surface area contributed by atoms with Crippen molar-refractivity contribution in [3.63, 3.8) is 0 Å². The topological polar surface area (TPSA) is 73.6 Å². The molecule has 1 aliphatic carbocycles. The SMILES string of the molecule is COC(=O)c1ccc(NCCOC2CCCC2)c(N)c1. The van der Waals surface area contributed by atoms with Gasteiger partial charge in [-0.05, 0) is 31.0 Å². The van der Waals surface area contributed by atoms with Gasteiger partial charge >= 0.3 is 5.97 Å². The Kier molecular flexibility index (Phi) is 5.24. The monoisotopic (exact) mass is 278 g/mol. The summed E-state index contributed by atoms with van der Waals surface area (Å²) in [6.07, 6.45) is 5.34. The Morgan fingerprint density at radius 2 is 2.15 bits per heavy atom. The van der Waals surface area contributed by atoms with Gasteiger partial charge in [-0.2, -0.15) is 0 Å². The molecule has 5 nitrogen and oxygen atoms in total. The number of nitrogen functional groups attached to an aromatic ring is 1. The summed E-state index contributed by atoms with van der Waals surface area (Å²) in [5, 5.41) is 3.22. The molecule has 0 aromatic heterocycles. The molecule has 5 heteroatoms. The molecule has 3 N–H and O–H groups in total. The van der Waals surface area contributed by atoms with Crippen LogP contribution in [0, 0.1) is 0 Å². The molecule has 0 bridgehead atoms. The number of esters is 1. The first-order valence-electron chi connectivity index (χ1n) is 7.04. The number of ether oxygens (including phenoxy) is 2. The highest BCUT2D eigenvalue weighted by Gasteiger charge is 2.14. The van der Waals surface area contributed by atoms with Gasteiger partial charge in [-0.1, -0.05) is 12.8 Å². The Labute approximate surface area is 119 Å². The van der Waals surface area contributed by atoms with Crippen molar-refractivity contribution < 1.29 is 14.3 Å². The van der Waals surface area contributed by atoms with Crippen LogP contribution in [0.25, 0.3) is 0 Å². The molecule has 110 valence electrons. The number of anilines is 2. The lowest BCUT2D eigenvalue weighted by Gasteiger charge is -2.13. The molecule has 2 rings (SSSR count). The van der Waals surface area contributed by atoms with Crippen molar-refractivity contribution in [2.24, 2.45) is 0 Å². The van der Waals surface area contributed by atoms with Crippen molar-refractivity contribution in [1.82, 2.24) is 0 Å². The zero-order valence-electron chi connectivity index (χ0n) is 11.9. The summed E-state index contributed by atoms with van der Waals surface area (Å²) in [5.41, 5.74) is 7.71. The minimum Gasteiger partial charge on any atom is -0.465 e. The van der Waals surface area contributed by atoms with E-state index in [9.17, 15) is 4.79 Å². The number of hydrogen-bond acceptors (Lipinski definition) is 5. The third-order valence-corrected chi connectivity index (χ3v) is 3.55. The molecule has 0 radical (unpaired) electrons. The molecule has 1 aromatic rings. The quantitative estimate of drug-likeness (QED) is 0.475. The molecule has 1 saturated carbocycles. The zero-order chi connectivity index (χ0) is 14.4. The van der Waals surface area contributed by atoms with Gasteiger partial charge in [-0.15, -0.1) is 0 Å². The summed E-state index contributed by atoms with van der Waals surface area (Å²) in [6, 6.07) is 5.10. The fraction of sp³-hybridized carbons (Fsp3) is 0.533. The molecule has 0 unspecified atom stereocenters. The molecule has 0 aliphatic heterocycles. The van der Waals surface area contributed by atoms with Gasteiger partial charge in [0.25, 0.3) is 0 Å². The maximum absolute atomic E-state index is 11.4. The van der Waals surface area contributed by atoms with Crippen LogP contribution in [-0.4, -0.2) is 32.3 Å². The fourth-order valence-corrected chi connectivity index (χ4v) is 2.43. The summed E-state index contributed by atoms with van der Waals surface area (Å²) < 4.78 is 10.4. The van der Waals surface area contributed by atoms with Crippen LogP contribution < -0.4 is 11.1 Å². The van der Waals surface area contributed by atoms with Gasteiger partial charge in [-0.3, -0.25) is 0 Å². The van der Waals surface area contributed by atoms with Crippen molar-refractivity contribution in [1.29, 1.82) is 0 Å². The summed E-state index contributed by atoms with van der Waals surface area (Å²) in [4.78, 5) is 11.4. The van der Waals surface area contributed by atoms with Crippen molar-refractivity contribution in [2.45, 2.75) is 31.8 Å². The van der Waals surface area contributed by atoms with E-state index in [0.29, 0.717) is 30.5 Å². The molecule has 20 heavy (non-hydrogen) atoms. The van der Waals surface area contributed by atoms with Gasteiger partial charge < -0.3 is 20.5 Å². The Hall–Kier alpha value is -1.75. The minimum absolute atomic E-state index is 0.382. The third kappa shape index (κ3) is 3.87. The number of rotatable bonds is 6. The first-order chi connectivity index (χ1) is 9.70.